The van der Waals surface area contributed by atoms with Gasteiger partial charge in [-0.3, -0.25) is 4.90 Å². The molecule has 1 aromatic carbocycles. The van der Waals surface area contributed by atoms with E-state index in [9.17, 15) is 9.90 Å². The molecule has 0 bridgehead atoms. The molecule has 3 aliphatic rings. The normalized spacial score (nSPS) is 18.0. The van der Waals surface area contributed by atoms with Crippen molar-refractivity contribution < 1.29 is 28.5 Å². The maximum atomic E-state index is 15.8. The third-order valence-corrected chi connectivity index (χ3v) is 9.81. The Morgan fingerprint density at radius 3 is 2.65 bits per heavy atom. The van der Waals surface area contributed by atoms with E-state index in [0.29, 0.717) is 58.3 Å². The minimum Gasteiger partial charge on any atom is -0.486 e. The number of anilines is 2. The van der Waals surface area contributed by atoms with E-state index in [1.165, 1.54) is 6.07 Å². The number of benzene rings is 1. The van der Waals surface area contributed by atoms with E-state index in [4.69, 9.17) is 24.2 Å². The lowest BCUT2D eigenvalue weighted by atomic mass is 9.89. The number of aliphatic carboxylic acids is 1. The van der Waals surface area contributed by atoms with Gasteiger partial charge in [0.05, 0.1) is 36.2 Å². The second-order valence-electron chi connectivity index (χ2n) is 14.2. The van der Waals surface area contributed by atoms with E-state index in [1.54, 1.807) is 6.92 Å². The number of hydrogen-bond acceptors (Lipinski definition) is 9. The molecule has 11 nitrogen and oxygen atoms in total. The largest absolute Gasteiger partial charge is 0.486 e. The van der Waals surface area contributed by atoms with Crippen LogP contribution in [0.1, 0.15) is 50.1 Å². The number of carboxylic acid groups (broad SMARTS) is 1. The predicted molar refractivity (Wildman–Crippen MR) is 187 cm³/mol. The van der Waals surface area contributed by atoms with Gasteiger partial charge >= 0.3 is 5.97 Å². The van der Waals surface area contributed by atoms with Crippen molar-refractivity contribution >= 4 is 28.5 Å². The summed E-state index contributed by atoms with van der Waals surface area (Å²) in [7, 11) is 1.95. The summed E-state index contributed by atoms with van der Waals surface area (Å²) in [5.41, 5.74) is 5.05. The van der Waals surface area contributed by atoms with Gasteiger partial charge in [0, 0.05) is 73.7 Å². The maximum Gasteiger partial charge on any atom is 0.337 e. The molecule has 2 saturated heterocycles. The summed E-state index contributed by atoms with van der Waals surface area (Å²) in [4.78, 5) is 27.5. The number of halogens is 1. The molecule has 6 heterocycles. The first-order valence-corrected chi connectivity index (χ1v) is 17.0. The van der Waals surface area contributed by atoms with Crippen molar-refractivity contribution in [3.05, 3.63) is 53.1 Å². The zero-order valence-corrected chi connectivity index (χ0v) is 29.1. The average Bonchev–Trinajstić information content (AvgIpc) is 3.19. The number of pyridine rings is 2. The van der Waals surface area contributed by atoms with E-state index in [0.717, 1.165) is 68.5 Å². The van der Waals surface area contributed by atoms with Crippen LogP contribution in [0.25, 0.3) is 33.4 Å². The van der Waals surface area contributed by atoms with E-state index in [1.807, 2.05) is 57.6 Å². The quantitative estimate of drug-likeness (QED) is 0.253. The minimum atomic E-state index is -1.35. The molecular weight excluding hydrogens is 627 g/mol. The van der Waals surface area contributed by atoms with Crippen molar-refractivity contribution in [2.75, 3.05) is 62.8 Å². The minimum absolute atomic E-state index is 0.174. The first kappa shape index (κ1) is 33.2. The molecule has 7 rings (SSSR count). The van der Waals surface area contributed by atoms with Gasteiger partial charge in [-0.25, -0.2) is 19.2 Å². The Balaban J connectivity index is 1.39. The number of aryl methyl sites for hydroxylation is 2. The lowest BCUT2D eigenvalue weighted by Crippen LogP contribution is -2.50. The lowest BCUT2D eigenvalue weighted by Gasteiger charge is -2.36. The fraction of sp³-hybridized carbons (Fsp3) is 0.486. The summed E-state index contributed by atoms with van der Waals surface area (Å²) < 4.78 is 35.2. The van der Waals surface area contributed by atoms with Gasteiger partial charge in [-0.2, -0.15) is 0 Å². The summed E-state index contributed by atoms with van der Waals surface area (Å²) in [6.45, 7) is 15.5. The Morgan fingerprint density at radius 2 is 1.94 bits per heavy atom. The van der Waals surface area contributed by atoms with Crippen LogP contribution >= 0.6 is 0 Å². The van der Waals surface area contributed by atoms with Crippen molar-refractivity contribution in [2.45, 2.75) is 58.8 Å². The number of carbonyl (C=O) groups is 1. The summed E-state index contributed by atoms with van der Waals surface area (Å²) in [5.74, 6) is -0.584. The van der Waals surface area contributed by atoms with E-state index in [-0.39, 0.29) is 5.75 Å². The zero-order valence-electron chi connectivity index (χ0n) is 29.1. The summed E-state index contributed by atoms with van der Waals surface area (Å²) in [6.07, 6.45) is 1.53. The Bertz CT molecular complexity index is 1920. The fourth-order valence-corrected chi connectivity index (χ4v) is 7.32. The van der Waals surface area contributed by atoms with Crippen molar-refractivity contribution in [1.82, 2.24) is 19.4 Å². The van der Waals surface area contributed by atoms with Crippen LogP contribution in [0.15, 0.2) is 30.5 Å². The molecular formula is C37H45FN6O5. The van der Waals surface area contributed by atoms with E-state index < -0.39 is 23.5 Å². The molecule has 0 saturated carbocycles. The van der Waals surface area contributed by atoms with Crippen LogP contribution in [0, 0.1) is 19.7 Å². The third kappa shape index (κ3) is 6.21. The third-order valence-electron chi connectivity index (χ3n) is 9.81. The van der Waals surface area contributed by atoms with Crippen LogP contribution in [0.3, 0.4) is 0 Å². The number of ether oxygens (including phenoxy) is 3. The van der Waals surface area contributed by atoms with Gasteiger partial charge in [0.2, 0.25) is 0 Å². The molecule has 0 radical (unpaired) electrons. The first-order valence-electron chi connectivity index (χ1n) is 17.0. The van der Waals surface area contributed by atoms with E-state index in [2.05, 4.69) is 21.2 Å². The van der Waals surface area contributed by atoms with Gasteiger partial charge in [-0.05, 0) is 76.4 Å². The molecule has 2 fully saturated rings. The predicted octanol–water partition coefficient (Wildman–Crippen LogP) is 5.71. The molecule has 0 amide bonds. The maximum absolute atomic E-state index is 15.8. The molecule has 49 heavy (non-hydrogen) atoms. The highest BCUT2D eigenvalue weighted by Gasteiger charge is 2.35. The van der Waals surface area contributed by atoms with Crippen LogP contribution in [-0.4, -0.2) is 94.7 Å². The van der Waals surface area contributed by atoms with Gasteiger partial charge < -0.3 is 34.1 Å². The number of fused-ring (bicyclic) bond motifs is 2. The number of aromatic nitrogens is 3. The van der Waals surface area contributed by atoms with Gasteiger partial charge in [0.25, 0.3) is 0 Å². The second kappa shape index (κ2) is 12.9. The molecule has 12 heteroatoms. The summed E-state index contributed by atoms with van der Waals surface area (Å²) in [6, 6.07) is 8.07. The monoisotopic (exact) mass is 672 g/mol. The smallest absolute Gasteiger partial charge is 0.337 e. The number of nitrogens with zero attached hydrogens (tertiary/aromatic N) is 5. The highest BCUT2D eigenvalue weighted by molar-refractivity contribution is 6.02. The van der Waals surface area contributed by atoms with Crippen molar-refractivity contribution in [1.29, 1.82) is 0 Å². The Hall–Kier alpha value is -4.26. The molecule has 0 aliphatic carbocycles. The SMILES string of the molecule is Cc1nc2c(cc(-c3ccnc(N4CCCN(C5COC5)CC4)c3)n2C)c(-c2cc(F)c3c(c2C)NCCO3)c1[C@H](OC(C)(C)C)C(=O)O. The highest BCUT2D eigenvalue weighted by Crippen LogP contribution is 2.46. The van der Waals surface area contributed by atoms with Crippen molar-refractivity contribution in [3.63, 3.8) is 0 Å². The van der Waals surface area contributed by atoms with E-state index >= 15 is 4.39 Å². The second-order valence-corrected chi connectivity index (χ2v) is 14.2. The standard InChI is InChI=1S/C37H45FN6O5/c1-21-25(17-27(38)33-32(21)40-10-15-48-33)31-26-18-28(42(6)35(26)41-22(2)30(31)34(36(45)46)49-37(3,4)5)23-8-9-39-29(16-23)44-12-7-11-43(13-14-44)24-19-47-20-24/h8-9,16-18,24,34,40H,7,10-15,19-20H2,1-6H3,(H,45,46)/t34-/m0/s1. The molecule has 260 valence electrons. The Morgan fingerprint density at radius 1 is 1.14 bits per heavy atom. The summed E-state index contributed by atoms with van der Waals surface area (Å²) >= 11 is 0. The zero-order chi connectivity index (χ0) is 34.6. The highest BCUT2D eigenvalue weighted by atomic mass is 19.1. The lowest BCUT2D eigenvalue weighted by molar-refractivity contribution is -0.160. The van der Waals surface area contributed by atoms with Crippen LogP contribution < -0.4 is 15.0 Å². The Kier molecular flexibility index (Phi) is 8.74. The van der Waals surface area contributed by atoms with Crippen LogP contribution in [-0.2, 0) is 21.3 Å². The van der Waals surface area contributed by atoms with Gasteiger partial charge in [0.15, 0.2) is 17.7 Å². The van der Waals surface area contributed by atoms with Crippen LogP contribution in [0.4, 0.5) is 15.9 Å². The number of carboxylic acids is 1. The van der Waals surface area contributed by atoms with Gasteiger partial charge in [0.1, 0.15) is 18.1 Å². The Labute approximate surface area is 286 Å². The molecule has 2 N–H and O–H groups in total. The fourth-order valence-electron chi connectivity index (χ4n) is 7.32. The van der Waals surface area contributed by atoms with Crippen molar-refractivity contribution in [2.24, 2.45) is 7.05 Å². The molecule has 1 atom stereocenters. The van der Waals surface area contributed by atoms with Crippen molar-refractivity contribution in [3.8, 4) is 28.1 Å². The molecule has 4 aromatic rings. The topological polar surface area (TPSA) is 114 Å². The molecule has 0 spiro atoms. The average molecular weight is 673 g/mol. The number of hydrogen-bond donors (Lipinski definition) is 2. The van der Waals surface area contributed by atoms with Gasteiger partial charge in [-0.15, -0.1) is 0 Å². The summed E-state index contributed by atoms with van der Waals surface area (Å²) in [5, 5.41) is 14.6. The molecule has 0 unspecified atom stereocenters. The first-order chi connectivity index (χ1) is 23.4. The number of rotatable bonds is 7. The van der Waals surface area contributed by atoms with Crippen LogP contribution in [0.2, 0.25) is 0 Å². The van der Waals surface area contributed by atoms with Gasteiger partial charge in [-0.1, -0.05) is 0 Å². The molecule has 3 aliphatic heterocycles. The van der Waals surface area contributed by atoms with Crippen LogP contribution in [0.5, 0.6) is 5.75 Å². The number of nitrogens with one attached hydrogen (secondary N) is 1. The molecule has 3 aromatic heterocycles.